The van der Waals surface area contributed by atoms with E-state index >= 15 is 0 Å². The highest BCUT2D eigenvalue weighted by atomic mass is 79.9. The summed E-state index contributed by atoms with van der Waals surface area (Å²) < 4.78 is 5.91. The van der Waals surface area contributed by atoms with Crippen molar-refractivity contribution in [3.05, 3.63) is 34.3 Å². The van der Waals surface area contributed by atoms with Crippen LogP contribution in [0.4, 0.5) is 0 Å². The Kier molecular flexibility index (Phi) is 4.18. The molecule has 0 radical (unpaired) electrons. The number of benzene rings is 1. The topological polar surface area (TPSA) is 29.5 Å². The first-order chi connectivity index (χ1) is 8.20. The van der Waals surface area contributed by atoms with Gasteiger partial charge in [0.05, 0.1) is 7.11 Å². The molecule has 0 bridgehead atoms. The average Bonchev–Trinajstić information content (AvgIpc) is 2.76. The first-order valence-electron chi connectivity index (χ1n) is 5.77. The monoisotopic (exact) mass is 297 g/mol. The lowest BCUT2D eigenvalue weighted by Crippen LogP contribution is -2.36. The van der Waals surface area contributed by atoms with Crippen molar-refractivity contribution < 1.29 is 9.53 Å². The zero-order valence-corrected chi connectivity index (χ0v) is 11.4. The van der Waals surface area contributed by atoms with Crippen LogP contribution in [0.15, 0.2) is 28.7 Å². The van der Waals surface area contributed by atoms with Crippen LogP contribution in [0.3, 0.4) is 0 Å². The molecule has 2 rings (SSSR count). The van der Waals surface area contributed by atoms with Gasteiger partial charge in [-0.15, -0.1) is 0 Å². The van der Waals surface area contributed by atoms with E-state index in [9.17, 15) is 4.79 Å². The van der Waals surface area contributed by atoms with Crippen LogP contribution in [0, 0.1) is 0 Å². The van der Waals surface area contributed by atoms with Crippen molar-refractivity contribution >= 4 is 21.9 Å². The summed E-state index contributed by atoms with van der Waals surface area (Å²) in [7, 11) is 1.46. The number of hydrogen-bond acceptors (Lipinski definition) is 3. The molecule has 0 saturated carbocycles. The molecule has 0 unspecified atom stereocenters. The maximum Gasteiger partial charge on any atom is 0.323 e. The number of methoxy groups -OCH3 is 1. The van der Waals surface area contributed by atoms with Crippen LogP contribution >= 0.6 is 15.9 Å². The average molecular weight is 298 g/mol. The molecule has 1 aromatic carbocycles. The lowest BCUT2D eigenvalue weighted by Gasteiger charge is -2.22. The van der Waals surface area contributed by atoms with Crippen molar-refractivity contribution in [1.29, 1.82) is 0 Å². The van der Waals surface area contributed by atoms with Crippen molar-refractivity contribution in [2.24, 2.45) is 0 Å². The van der Waals surface area contributed by atoms with Gasteiger partial charge in [-0.2, -0.15) is 0 Å². The third-order valence-corrected chi connectivity index (χ3v) is 3.60. The minimum absolute atomic E-state index is 0.0704. The molecule has 1 aliphatic rings. The minimum atomic E-state index is -0.113. The van der Waals surface area contributed by atoms with Crippen molar-refractivity contribution in [1.82, 2.24) is 4.90 Å². The predicted octanol–water partition coefficient (Wildman–Crippen LogP) is 2.59. The lowest BCUT2D eigenvalue weighted by atomic mass is 10.2. The van der Waals surface area contributed by atoms with E-state index in [0.717, 1.165) is 30.4 Å². The number of rotatable bonds is 3. The Morgan fingerprint density at radius 2 is 2.41 bits per heavy atom. The molecule has 3 nitrogen and oxygen atoms in total. The number of hydrogen-bond donors (Lipinski definition) is 0. The molecule has 17 heavy (non-hydrogen) atoms. The minimum Gasteiger partial charge on any atom is -0.468 e. The van der Waals surface area contributed by atoms with Crippen molar-refractivity contribution in [2.75, 3.05) is 13.7 Å². The number of likely N-dealkylation sites (tertiary alicyclic amines) is 1. The molecule has 0 amide bonds. The van der Waals surface area contributed by atoms with Crippen LogP contribution in [0.5, 0.6) is 0 Å². The Morgan fingerprint density at radius 1 is 1.59 bits per heavy atom. The molecule has 0 aliphatic carbocycles. The summed E-state index contributed by atoms with van der Waals surface area (Å²) in [6, 6.07) is 8.12. The third-order valence-electron chi connectivity index (χ3n) is 3.11. The summed E-state index contributed by atoms with van der Waals surface area (Å²) in [5.74, 6) is -0.113. The Hall–Kier alpha value is -0.870. The van der Waals surface area contributed by atoms with Gasteiger partial charge < -0.3 is 4.74 Å². The standard InChI is InChI=1S/C13H16BrNO2/c1-17-13(16)12-6-3-7-15(12)9-10-4-2-5-11(14)8-10/h2,4-5,8,12H,3,6-7,9H2,1H3/t12-/m1/s1. The maximum atomic E-state index is 11.6. The fourth-order valence-corrected chi connectivity index (χ4v) is 2.73. The van der Waals surface area contributed by atoms with E-state index in [-0.39, 0.29) is 12.0 Å². The molecule has 1 atom stereocenters. The fourth-order valence-electron chi connectivity index (χ4n) is 2.29. The highest BCUT2D eigenvalue weighted by Gasteiger charge is 2.31. The normalized spacial score (nSPS) is 20.5. The summed E-state index contributed by atoms with van der Waals surface area (Å²) >= 11 is 3.46. The highest BCUT2D eigenvalue weighted by molar-refractivity contribution is 9.10. The molecule has 1 aliphatic heterocycles. The molecule has 1 saturated heterocycles. The van der Waals surface area contributed by atoms with Gasteiger partial charge in [0.2, 0.25) is 0 Å². The van der Waals surface area contributed by atoms with E-state index in [1.165, 1.54) is 12.7 Å². The largest absolute Gasteiger partial charge is 0.468 e. The van der Waals surface area contributed by atoms with Crippen LogP contribution < -0.4 is 0 Å². The molecule has 1 fully saturated rings. The second-order valence-corrected chi connectivity index (χ2v) is 5.20. The van der Waals surface area contributed by atoms with Gasteiger partial charge in [0.15, 0.2) is 0 Å². The smallest absolute Gasteiger partial charge is 0.323 e. The van der Waals surface area contributed by atoms with Gasteiger partial charge in [0, 0.05) is 11.0 Å². The van der Waals surface area contributed by atoms with Crippen LogP contribution in [-0.4, -0.2) is 30.6 Å². The molecular weight excluding hydrogens is 282 g/mol. The summed E-state index contributed by atoms with van der Waals surface area (Å²) in [6.07, 6.45) is 1.97. The fraction of sp³-hybridized carbons (Fsp3) is 0.462. The first kappa shape index (κ1) is 12.6. The second-order valence-electron chi connectivity index (χ2n) is 4.28. The van der Waals surface area contributed by atoms with Crippen LogP contribution in [0.1, 0.15) is 18.4 Å². The van der Waals surface area contributed by atoms with Crippen molar-refractivity contribution in [3.63, 3.8) is 0 Å². The van der Waals surface area contributed by atoms with E-state index in [1.807, 2.05) is 12.1 Å². The molecule has 1 heterocycles. The molecule has 92 valence electrons. The van der Waals surface area contributed by atoms with Gasteiger partial charge in [0.25, 0.3) is 0 Å². The van der Waals surface area contributed by atoms with E-state index in [0.29, 0.717) is 0 Å². The van der Waals surface area contributed by atoms with Gasteiger partial charge in [-0.05, 0) is 37.1 Å². The zero-order valence-electron chi connectivity index (χ0n) is 9.86. The van der Waals surface area contributed by atoms with E-state index in [4.69, 9.17) is 4.74 Å². The number of carbonyl (C=O) groups is 1. The second kappa shape index (κ2) is 5.65. The van der Waals surface area contributed by atoms with E-state index in [1.54, 1.807) is 0 Å². The number of carbonyl (C=O) groups excluding carboxylic acids is 1. The molecule has 0 N–H and O–H groups in total. The van der Waals surface area contributed by atoms with Crippen LogP contribution in [0.25, 0.3) is 0 Å². The van der Waals surface area contributed by atoms with Gasteiger partial charge in [0.1, 0.15) is 6.04 Å². The lowest BCUT2D eigenvalue weighted by molar-refractivity contribution is -0.146. The van der Waals surface area contributed by atoms with Gasteiger partial charge >= 0.3 is 5.97 Å². The van der Waals surface area contributed by atoms with E-state index in [2.05, 4.69) is 33.0 Å². The van der Waals surface area contributed by atoms with Crippen molar-refractivity contribution in [2.45, 2.75) is 25.4 Å². The predicted molar refractivity (Wildman–Crippen MR) is 69.6 cm³/mol. The number of halogens is 1. The van der Waals surface area contributed by atoms with Crippen molar-refractivity contribution in [3.8, 4) is 0 Å². The Balaban J connectivity index is 2.05. The van der Waals surface area contributed by atoms with Gasteiger partial charge in [-0.25, -0.2) is 0 Å². The number of nitrogens with zero attached hydrogens (tertiary/aromatic N) is 1. The summed E-state index contributed by atoms with van der Waals surface area (Å²) in [5, 5.41) is 0. The quantitative estimate of drug-likeness (QED) is 0.803. The SMILES string of the molecule is COC(=O)[C@H]1CCCN1Cc1cccc(Br)c1. The highest BCUT2D eigenvalue weighted by Crippen LogP contribution is 2.22. The Bertz CT molecular complexity index is 408. The molecular formula is C13H16BrNO2. The number of esters is 1. The molecule has 0 spiro atoms. The summed E-state index contributed by atoms with van der Waals surface area (Å²) in [5.41, 5.74) is 1.22. The summed E-state index contributed by atoms with van der Waals surface area (Å²) in [6.45, 7) is 1.77. The third kappa shape index (κ3) is 3.07. The Morgan fingerprint density at radius 3 is 3.12 bits per heavy atom. The maximum absolute atomic E-state index is 11.6. The molecule has 4 heteroatoms. The van der Waals surface area contributed by atoms with Gasteiger partial charge in [-0.1, -0.05) is 28.1 Å². The van der Waals surface area contributed by atoms with Crippen LogP contribution in [-0.2, 0) is 16.1 Å². The van der Waals surface area contributed by atoms with Crippen LogP contribution in [0.2, 0.25) is 0 Å². The Labute approximate surface area is 110 Å². The zero-order chi connectivity index (χ0) is 12.3. The summed E-state index contributed by atoms with van der Waals surface area (Å²) in [4.78, 5) is 13.8. The first-order valence-corrected chi connectivity index (χ1v) is 6.56. The molecule has 0 aromatic heterocycles. The molecule has 1 aromatic rings. The van der Waals surface area contributed by atoms with E-state index < -0.39 is 0 Å². The number of ether oxygens (including phenoxy) is 1. The van der Waals surface area contributed by atoms with Gasteiger partial charge in [-0.3, -0.25) is 9.69 Å².